The smallest absolute Gasteiger partial charge is 0.341 e. The largest absolute Gasteiger partial charge is 0.462 e. The summed E-state index contributed by atoms with van der Waals surface area (Å²) < 4.78 is 5.32. The number of ether oxygens (including phenoxy) is 1. The van der Waals surface area contributed by atoms with Crippen LogP contribution in [0.5, 0.6) is 0 Å². The van der Waals surface area contributed by atoms with Gasteiger partial charge in [0, 0.05) is 15.1 Å². The molecule has 1 amide bonds. The summed E-state index contributed by atoms with van der Waals surface area (Å²) >= 11 is 4.58. The number of hydrogen-bond donors (Lipinski definition) is 1. The van der Waals surface area contributed by atoms with Gasteiger partial charge in [0.25, 0.3) is 0 Å². The number of thioether (sulfide) groups is 1. The molecule has 9 heteroatoms. The van der Waals surface area contributed by atoms with Gasteiger partial charge >= 0.3 is 5.97 Å². The third-order valence-corrected chi connectivity index (χ3v) is 9.20. The highest BCUT2D eigenvalue weighted by atomic mass is 32.2. The van der Waals surface area contributed by atoms with Crippen LogP contribution in [-0.2, 0) is 22.4 Å². The van der Waals surface area contributed by atoms with Crippen LogP contribution in [0.1, 0.15) is 58.4 Å². The van der Waals surface area contributed by atoms with E-state index in [2.05, 4.69) is 36.1 Å². The summed E-state index contributed by atoms with van der Waals surface area (Å²) in [5.74, 6) is 0.0762. The fourth-order valence-electron chi connectivity index (χ4n) is 3.93. The van der Waals surface area contributed by atoms with Crippen LogP contribution < -0.4 is 5.32 Å². The lowest BCUT2D eigenvalue weighted by atomic mass is 9.88. The van der Waals surface area contributed by atoms with Gasteiger partial charge in [0.05, 0.1) is 17.4 Å². The van der Waals surface area contributed by atoms with E-state index >= 15 is 0 Å². The van der Waals surface area contributed by atoms with Gasteiger partial charge in [0.1, 0.15) is 21.2 Å². The summed E-state index contributed by atoms with van der Waals surface area (Å²) in [4.78, 5) is 38.0. The lowest BCUT2D eigenvalue weighted by Gasteiger charge is -2.18. The third kappa shape index (κ3) is 4.43. The van der Waals surface area contributed by atoms with E-state index in [0.29, 0.717) is 23.1 Å². The molecule has 1 aliphatic carbocycles. The Kier molecular flexibility index (Phi) is 6.88. The number of hydrogen-bond acceptors (Lipinski definition) is 8. The average Bonchev–Trinajstić information content (AvgIpc) is 3.24. The molecule has 0 saturated carbocycles. The van der Waals surface area contributed by atoms with Crippen molar-refractivity contribution in [3.63, 3.8) is 0 Å². The van der Waals surface area contributed by atoms with Crippen molar-refractivity contribution >= 4 is 61.5 Å². The van der Waals surface area contributed by atoms with E-state index in [0.717, 1.165) is 45.6 Å². The van der Waals surface area contributed by atoms with E-state index in [9.17, 15) is 9.59 Å². The van der Waals surface area contributed by atoms with Crippen LogP contribution in [0.15, 0.2) is 11.4 Å². The predicted molar refractivity (Wildman–Crippen MR) is 132 cm³/mol. The van der Waals surface area contributed by atoms with Crippen LogP contribution in [0.25, 0.3) is 10.2 Å². The molecule has 0 spiro atoms. The van der Waals surface area contributed by atoms with Crippen LogP contribution >= 0.6 is 34.4 Å². The van der Waals surface area contributed by atoms with Crippen molar-refractivity contribution in [2.75, 3.05) is 11.9 Å². The molecule has 0 fully saturated rings. The number of rotatable bonds is 6. The van der Waals surface area contributed by atoms with Gasteiger partial charge in [0.15, 0.2) is 0 Å². The molecule has 0 saturated heterocycles. The zero-order valence-electron chi connectivity index (χ0n) is 18.9. The van der Waals surface area contributed by atoms with Gasteiger partial charge in [-0.3, -0.25) is 4.79 Å². The first-order valence-corrected chi connectivity index (χ1v) is 13.3. The fraction of sp³-hybridized carbons (Fsp3) is 0.478. The highest BCUT2D eigenvalue weighted by Gasteiger charge is 2.30. The average molecular weight is 490 g/mol. The SMILES string of the molecule is CCOC(=O)c1c(NC(=O)[C@H](C)Sc2ncnc3sc(C)c(C)c23)sc2c1CC[C@H](C)C2. The number of nitrogens with zero attached hydrogens (tertiary/aromatic N) is 2. The van der Waals surface area contributed by atoms with Crippen LogP contribution in [0.3, 0.4) is 0 Å². The first-order chi connectivity index (χ1) is 15.3. The van der Waals surface area contributed by atoms with Crippen molar-refractivity contribution in [3.05, 3.63) is 32.8 Å². The van der Waals surface area contributed by atoms with E-state index in [1.54, 1.807) is 24.6 Å². The summed E-state index contributed by atoms with van der Waals surface area (Å²) in [7, 11) is 0. The third-order valence-electron chi connectivity index (χ3n) is 5.82. The van der Waals surface area contributed by atoms with Crippen molar-refractivity contribution in [2.45, 2.75) is 64.2 Å². The summed E-state index contributed by atoms with van der Waals surface area (Å²) in [5.41, 5.74) is 2.74. The van der Waals surface area contributed by atoms with Gasteiger partial charge in [-0.15, -0.1) is 22.7 Å². The van der Waals surface area contributed by atoms with Crippen molar-refractivity contribution in [1.82, 2.24) is 9.97 Å². The van der Waals surface area contributed by atoms with Gasteiger partial charge in [-0.25, -0.2) is 14.8 Å². The van der Waals surface area contributed by atoms with Gasteiger partial charge in [0.2, 0.25) is 5.91 Å². The maximum absolute atomic E-state index is 13.1. The first kappa shape index (κ1) is 23.2. The van der Waals surface area contributed by atoms with Crippen LogP contribution in [0.4, 0.5) is 5.00 Å². The number of esters is 1. The molecule has 1 N–H and O–H groups in total. The maximum Gasteiger partial charge on any atom is 0.341 e. The number of aryl methyl sites for hydroxylation is 2. The number of thiophene rings is 2. The van der Waals surface area contributed by atoms with Gasteiger partial charge in [-0.1, -0.05) is 18.7 Å². The van der Waals surface area contributed by atoms with Crippen molar-refractivity contribution in [1.29, 1.82) is 0 Å². The lowest BCUT2D eigenvalue weighted by molar-refractivity contribution is -0.115. The molecular weight excluding hydrogens is 462 g/mol. The zero-order chi connectivity index (χ0) is 23.0. The Labute approximate surface area is 200 Å². The minimum Gasteiger partial charge on any atom is -0.462 e. The minimum absolute atomic E-state index is 0.149. The molecule has 0 aromatic carbocycles. The van der Waals surface area contributed by atoms with Crippen LogP contribution in [0.2, 0.25) is 0 Å². The van der Waals surface area contributed by atoms with E-state index < -0.39 is 0 Å². The van der Waals surface area contributed by atoms with Gasteiger partial charge in [-0.05, 0) is 64.0 Å². The highest BCUT2D eigenvalue weighted by molar-refractivity contribution is 8.00. The fourth-order valence-corrected chi connectivity index (χ4v) is 7.37. The number of aromatic nitrogens is 2. The van der Waals surface area contributed by atoms with E-state index in [1.807, 2.05) is 6.92 Å². The molecule has 2 atom stereocenters. The summed E-state index contributed by atoms with van der Waals surface area (Å²) in [6.07, 6.45) is 4.37. The Morgan fingerprint density at radius 2 is 2.09 bits per heavy atom. The normalized spacial score (nSPS) is 16.6. The predicted octanol–water partition coefficient (Wildman–Crippen LogP) is 5.79. The molecule has 0 unspecified atom stereocenters. The van der Waals surface area contributed by atoms with E-state index in [-0.39, 0.29) is 17.1 Å². The van der Waals surface area contributed by atoms with Gasteiger partial charge in [-0.2, -0.15) is 0 Å². The molecular formula is C23H27N3O3S3. The molecule has 32 heavy (non-hydrogen) atoms. The standard InChI is InChI=1S/C23H27N3O3S3/c1-6-29-23(28)18-15-8-7-11(2)9-16(15)32-22(18)26-19(27)14(5)31-21-17-12(3)13(4)30-20(17)24-10-25-21/h10-11,14H,6-9H2,1-5H3,(H,26,27)/t11-,14-/m0/s1. The molecule has 170 valence electrons. The molecule has 0 radical (unpaired) electrons. The summed E-state index contributed by atoms with van der Waals surface area (Å²) in [5, 5.41) is 5.08. The molecule has 3 heterocycles. The zero-order valence-corrected chi connectivity index (χ0v) is 21.4. The number of carbonyl (C=O) groups is 2. The van der Waals surface area contributed by atoms with Crippen LogP contribution in [0, 0.1) is 19.8 Å². The Hall–Kier alpha value is -1.97. The second-order valence-corrected chi connectivity index (χ2v) is 11.8. The van der Waals surface area contributed by atoms with Crippen molar-refractivity contribution in [3.8, 4) is 0 Å². The quantitative estimate of drug-likeness (QED) is 0.268. The second kappa shape index (κ2) is 9.49. The molecule has 0 bridgehead atoms. The Balaban J connectivity index is 1.58. The lowest BCUT2D eigenvalue weighted by Crippen LogP contribution is -2.23. The monoisotopic (exact) mass is 489 g/mol. The highest BCUT2D eigenvalue weighted by Crippen LogP contribution is 2.41. The molecule has 6 nitrogen and oxygen atoms in total. The van der Waals surface area contributed by atoms with Crippen molar-refractivity contribution < 1.29 is 14.3 Å². The van der Waals surface area contributed by atoms with Crippen LogP contribution in [-0.4, -0.2) is 33.7 Å². The number of carbonyl (C=O) groups excluding carboxylic acids is 2. The topological polar surface area (TPSA) is 81.2 Å². The molecule has 1 aliphatic rings. The molecule has 0 aliphatic heterocycles. The number of anilines is 1. The first-order valence-electron chi connectivity index (χ1n) is 10.8. The minimum atomic E-state index is -0.388. The second-order valence-electron chi connectivity index (χ2n) is 8.17. The Morgan fingerprint density at radius 1 is 1.31 bits per heavy atom. The Morgan fingerprint density at radius 3 is 2.84 bits per heavy atom. The molecule has 3 aromatic heterocycles. The summed E-state index contributed by atoms with van der Waals surface area (Å²) in [6.45, 7) is 10.3. The van der Waals surface area contributed by atoms with Gasteiger partial charge < -0.3 is 10.1 Å². The van der Waals surface area contributed by atoms with E-state index in [4.69, 9.17) is 4.74 Å². The van der Waals surface area contributed by atoms with Crippen molar-refractivity contribution in [2.24, 2.45) is 5.92 Å². The summed E-state index contributed by atoms with van der Waals surface area (Å²) in [6, 6.07) is 0. The molecule has 3 aromatic rings. The maximum atomic E-state index is 13.1. The molecule has 4 rings (SSSR count). The Bertz CT molecular complexity index is 1180. The van der Waals surface area contributed by atoms with E-state index in [1.165, 1.54) is 32.9 Å². The number of amides is 1. The number of nitrogens with one attached hydrogen (secondary N) is 1. The number of fused-ring (bicyclic) bond motifs is 2.